The fourth-order valence-electron chi connectivity index (χ4n) is 0.835. The Morgan fingerprint density at radius 1 is 0.368 bits per heavy atom. The van der Waals surface area contributed by atoms with Gasteiger partial charge < -0.3 is 28.4 Å². The minimum atomic E-state index is 0.625. The van der Waals surface area contributed by atoms with Crippen molar-refractivity contribution in [1.82, 2.24) is 0 Å². The molecule has 0 saturated carbocycles. The summed E-state index contributed by atoms with van der Waals surface area (Å²) < 4.78 is 55.2. The molecule has 0 aromatic heterocycles. The molecule has 0 spiro atoms. The van der Waals surface area contributed by atoms with Gasteiger partial charge in [-0.1, -0.05) is 49.5 Å². The maximum Gasteiger partial charge on any atom is 0.0388 e. The molecule has 0 aromatic rings. The van der Waals surface area contributed by atoms with Crippen molar-refractivity contribution >= 4 is 169 Å². The number of aliphatic hydroxyl groups is 2. The molecule has 350 valence electrons. The van der Waals surface area contributed by atoms with Crippen molar-refractivity contribution < 1.29 is 46.6 Å². The lowest BCUT2D eigenvalue weighted by atomic mass is 10.6. The van der Waals surface area contributed by atoms with E-state index < -0.39 is 0 Å². The third kappa shape index (κ3) is 229. The fraction of sp³-hybridized carbons (Fsp3) is 0.562. The molecular weight excluding hydrogens is 1010 g/mol. The average Bonchev–Trinajstić information content (AvgIpc) is 3.23. The average molecular weight is 1080 g/mol. The van der Waals surface area contributed by atoms with Gasteiger partial charge in [0.1, 0.15) is 0 Å². The molecule has 0 radical (unpaired) electrons. The van der Waals surface area contributed by atoms with E-state index in [0.29, 0.717) is 11.5 Å². The first-order chi connectivity index (χ1) is 27.7. The summed E-state index contributed by atoms with van der Waals surface area (Å²) >= 11 is 17.0. The van der Waals surface area contributed by atoms with E-state index in [9.17, 15) is 0 Å². The van der Waals surface area contributed by atoms with Gasteiger partial charge in [0.25, 0.3) is 0 Å². The molecule has 0 unspecified atom stereocenters. The van der Waals surface area contributed by atoms with Gasteiger partial charge >= 0.3 is 0 Å². The van der Waals surface area contributed by atoms with E-state index in [1.54, 1.807) is 55.0 Å². The van der Waals surface area contributed by atoms with Gasteiger partial charge in [0.05, 0.1) is 0 Å². The van der Waals surface area contributed by atoms with Crippen molar-refractivity contribution in [3.63, 3.8) is 0 Å². The lowest BCUT2D eigenvalue weighted by molar-refractivity contribution is 0.399. The third-order valence-corrected chi connectivity index (χ3v) is 9.85. The Bertz CT molecular complexity index is 557. The van der Waals surface area contributed by atoms with Gasteiger partial charge in [0.2, 0.25) is 0 Å². The molecule has 0 aliphatic heterocycles. The molecule has 0 aliphatic carbocycles. The summed E-state index contributed by atoms with van der Waals surface area (Å²) in [5, 5.41) is 14.0. The van der Waals surface area contributed by atoms with Crippen molar-refractivity contribution in [3.05, 3.63) is 88.6 Å². The predicted octanol–water partition coefficient (Wildman–Crippen LogP) is 15.0. The fourth-order valence-corrected chi connectivity index (χ4v) is 4.93. The molecule has 0 atom stereocenters. The van der Waals surface area contributed by atoms with Gasteiger partial charge in [-0.3, -0.25) is 0 Å². The Morgan fingerprint density at radius 2 is 0.579 bits per heavy atom. The van der Waals surface area contributed by atoms with Crippen LogP contribution in [0.3, 0.4) is 0 Å². The normalized spacial score (nSPS) is 7.91. The maximum atomic E-state index is 7.91. The van der Waals surface area contributed by atoms with Gasteiger partial charge in [-0.2, -0.15) is 0 Å². The Balaban J connectivity index is -0.0000000467. The summed E-state index contributed by atoms with van der Waals surface area (Å²) in [7, 11) is 2.00. The van der Waals surface area contributed by atoms with Gasteiger partial charge in [0.15, 0.2) is 0 Å². The summed E-state index contributed by atoms with van der Waals surface area (Å²) in [6.45, 7) is 26.6. The van der Waals surface area contributed by atoms with Crippen LogP contribution in [0.15, 0.2) is 88.6 Å². The quantitative estimate of drug-likeness (QED) is 0.0275. The lowest BCUT2D eigenvalue weighted by Crippen LogP contribution is -1.71. The smallest absolute Gasteiger partial charge is 0.0388 e. The largest absolute Gasteiger partial charge is 0.400 e. The van der Waals surface area contributed by atoms with E-state index in [0.717, 1.165) is 96.9 Å². The Labute approximate surface area is 410 Å². The zero-order valence-electron chi connectivity index (χ0n) is 34.8. The number of hydrogen-bond donors (Lipinski definition) is 6. The molecular formula is C32H72O11S14. The second kappa shape index (κ2) is 138. The first-order valence-electron chi connectivity index (χ1n) is 15.0. The first kappa shape index (κ1) is 86.7. The summed E-state index contributed by atoms with van der Waals surface area (Å²) in [6.07, 6.45) is 24.3. The van der Waals surface area contributed by atoms with Crippen LogP contribution in [0.5, 0.6) is 0 Å². The molecule has 0 aliphatic rings. The highest BCUT2D eigenvalue weighted by molar-refractivity contribution is 8.09. The van der Waals surface area contributed by atoms with Crippen molar-refractivity contribution in [1.29, 1.82) is 0 Å². The van der Waals surface area contributed by atoms with Crippen LogP contribution in [0.25, 0.3) is 0 Å². The summed E-state index contributed by atoms with van der Waals surface area (Å²) in [5.41, 5.74) is 0. The SMILES string of the molecule is C=CCSO.C=CCSO.C=CCSOSC.C=CCSOSCC=C.C=CCSOSCC=C.CCCSOSC.CO.CO.CSO.CSO.CSOSC. The highest BCUT2D eigenvalue weighted by Gasteiger charge is 1.84. The first-order valence-corrected chi connectivity index (χ1v) is 29.3. The molecule has 57 heavy (non-hydrogen) atoms. The van der Waals surface area contributed by atoms with Gasteiger partial charge in [0, 0.05) is 218 Å². The van der Waals surface area contributed by atoms with Crippen LogP contribution in [0, 0.1) is 0 Å². The number of aliphatic hydroxyl groups excluding tert-OH is 2. The monoisotopic (exact) mass is 1080 g/mol. The van der Waals surface area contributed by atoms with Crippen LogP contribution in [-0.2, 0) is 18.1 Å². The van der Waals surface area contributed by atoms with E-state index in [4.69, 9.17) is 42.9 Å². The molecule has 6 N–H and O–H groups in total. The second-order valence-corrected chi connectivity index (χ2v) is 15.7. The van der Waals surface area contributed by atoms with Crippen LogP contribution in [0.1, 0.15) is 13.3 Å². The van der Waals surface area contributed by atoms with Crippen LogP contribution >= 0.6 is 169 Å². The Kier molecular flexibility index (Phi) is 209. The van der Waals surface area contributed by atoms with E-state index in [1.807, 2.05) is 25.0 Å². The molecule has 11 nitrogen and oxygen atoms in total. The summed E-state index contributed by atoms with van der Waals surface area (Å²) in [5.74, 6) is 6.56. The van der Waals surface area contributed by atoms with Crippen LogP contribution in [0.2, 0.25) is 0 Å². The predicted molar refractivity (Wildman–Crippen MR) is 295 cm³/mol. The van der Waals surface area contributed by atoms with E-state index in [1.165, 1.54) is 127 Å². The summed E-state index contributed by atoms with van der Waals surface area (Å²) in [6, 6.07) is 0. The molecule has 0 fully saturated rings. The zero-order valence-corrected chi connectivity index (χ0v) is 46.2. The van der Waals surface area contributed by atoms with E-state index >= 15 is 0 Å². The Morgan fingerprint density at radius 3 is 0.719 bits per heavy atom. The van der Waals surface area contributed by atoms with Gasteiger partial charge in [-0.05, 0) is 54.6 Å². The highest BCUT2D eigenvalue weighted by atomic mass is 32.3. The van der Waals surface area contributed by atoms with Crippen molar-refractivity contribution in [3.8, 4) is 0 Å². The van der Waals surface area contributed by atoms with Gasteiger partial charge in [-0.15, -0.1) is 46.1 Å². The second-order valence-electron chi connectivity index (χ2n) is 6.23. The van der Waals surface area contributed by atoms with Crippen molar-refractivity contribution in [2.45, 2.75) is 13.3 Å². The standard InChI is InChI=1S/2C6H10OS2.C4H10OS2.C4H8OS2.2C3H6OS.C2H6OS2.2CH4OS.2CH4O/c2*1-3-5-8-7-9-6-4-2;2*1-3-4-7-5-6-2;2*1-2-3-5-4;1-4-3-5-2;2*1-3-2;2*1-2/h2*3-4H,1-2,5-6H2;3-4H2,1-2H3;3H,1,4H2,2H3;2*2,4H,1,3H2;1-2H3;2*2H,1H3;2*2H,1H3. The van der Waals surface area contributed by atoms with Crippen molar-refractivity contribution in [2.24, 2.45) is 0 Å². The molecule has 0 saturated heterocycles. The molecule has 0 amide bonds. The molecule has 0 heterocycles. The van der Waals surface area contributed by atoms with Crippen LogP contribution in [0.4, 0.5) is 0 Å². The van der Waals surface area contributed by atoms with Crippen molar-refractivity contribution in [2.75, 3.05) is 97.8 Å². The third-order valence-electron chi connectivity index (χ3n) is 2.16. The molecule has 0 aromatic carbocycles. The van der Waals surface area contributed by atoms with Crippen LogP contribution < -0.4 is 0 Å². The van der Waals surface area contributed by atoms with E-state index in [-0.39, 0.29) is 0 Å². The van der Waals surface area contributed by atoms with E-state index in [2.05, 4.69) is 56.6 Å². The summed E-state index contributed by atoms with van der Waals surface area (Å²) in [4.78, 5) is 0. The minimum Gasteiger partial charge on any atom is -0.400 e. The molecule has 25 heteroatoms. The molecule has 0 bridgehead atoms. The maximum absolute atomic E-state index is 7.91. The number of hydrogen-bond acceptors (Lipinski definition) is 25. The minimum absolute atomic E-state index is 0.625. The van der Waals surface area contributed by atoms with Crippen LogP contribution in [-0.4, -0.2) is 126 Å². The zero-order chi connectivity index (χ0) is 46.7. The molecule has 0 rings (SSSR count). The highest BCUT2D eigenvalue weighted by Crippen LogP contribution is 2.15. The Hall–Kier alpha value is 2.64. The topological polar surface area (TPSA) is 168 Å². The number of rotatable bonds is 26. The lowest BCUT2D eigenvalue weighted by Gasteiger charge is -1.93. The van der Waals surface area contributed by atoms with Gasteiger partial charge in [-0.25, -0.2) is 18.1 Å².